The summed E-state index contributed by atoms with van der Waals surface area (Å²) >= 11 is 0. The first-order valence-corrected chi connectivity index (χ1v) is 12.5. The highest BCUT2D eigenvalue weighted by molar-refractivity contribution is 5.74. The lowest BCUT2D eigenvalue weighted by Crippen LogP contribution is -2.47. The second-order valence-corrected chi connectivity index (χ2v) is 9.27. The molecule has 1 aromatic carbocycles. The van der Waals surface area contributed by atoms with Crippen molar-refractivity contribution >= 4 is 11.6 Å². The lowest BCUT2D eigenvalue weighted by molar-refractivity contribution is -0.131. The van der Waals surface area contributed by atoms with Gasteiger partial charge in [0.1, 0.15) is 0 Å². The van der Waals surface area contributed by atoms with Gasteiger partial charge in [-0.3, -0.25) is 9.69 Å². The molecule has 2 aliphatic rings. The van der Waals surface area contributed by atoms with E-state index in [9.17, 15) is 4.79 Å². The van der Waals surface area contributed by atoms with Gasteiger partial charge in [0.05, 0.1) is 0 Å². The van der Waals surface area contributed by atoms with Gasteiger partial charge >= 0.3 is 0 Å². The predicted molar refractivity (Wildman–Crippen MR) is 127 cm³/mol. The highest BCUT2D eigenvalue weighted by Crippen LogP contribution is 2.33. The van der Waals surface area contributed by atoms with Crippen LogP contribution in [0.25, 0.3) is 0 Å². The molecule has 0 N–H and O–H groups in total. The fourth-order valence-electron chi connectivity index (χ4n) is 5.21. The van der Waals surface area contributed by atoms with Gasteiger partial charge in [0, 0.05) is 51.4 Å². The van der Waals surface area contributed by atoms with Gasteiger partial charge in [-0.25, -0.2) is 0 Å². The standard InChI is InChI=1S/C26H43N3O/c1-4-6-8-9-15-27-17-19-28(20-18-27)26-12-10-11-23-13-14-24(21-25(23)26)29(22(3)30)16-7-5-2/h10-12,24H,4-9,13-21H2,1-3H3/t24-/m1/s1. The Kier molecular flexibility index (Phi) is 9.05. The van der Waals surface area contributed by atoms with E-state index in [1.54, 1.807) is 6.92 Å². The SMILES string of the molecule is CCCCCCN1CCN(c2cccc3c2C[C@H](N(CCCC)C(C)=O)CC3)CC1. The molecule has 1 amide bonds. The highest BCUT2D eigenvalue weighted by Gasteiger charge is 2.29. The van der Waals surface area contributed by atoms with Crippen LogP contribution in [0.15, 0.2) is 18.2 Å². The monoisotopic (exact) mass is 413 g/mol. The van der Waals surface area contributed by atoms with Crippen molar-refractivity contribution in [3.63, 3.8) is 0 Å². The van der Waals surface area contributed by atoms with Crippen LogP contribution in [0.3, 0.4) is 0 Å². The number of hydrogen-bond donors (Lipinski definition) is 0. The first-order chi connectivity index (χ1) is 14.6. The van der Waals surface area contributed by atoms with Gasteiger partial charge in [-0.1, -0.05) is 51.7 Å². The number of unbranched alkanes of at least 4 members (excludes halogenated alkanes) is 4. The van der Waals surface area contributed by atoms with Crippen LogP contribution in [0.4, 0.5) is 5.69 Å². The number of anilines is 1. The largest absolute Gasteiger partial charge is 0.369 e. The minimum absolute atomic E-state index is 0.242. The van der Waals surface area contributed by atoms with E-state index < -0.39 is 0 Å². The number of nitrogens with zero attached hydrogens (tertiary/aromatic N) is 3. The normalized spacial score (nSPS) is 19.6. The van der Waals surface area contributed by atoms with Crippen molar-refractivity contribution in [2.24, 2.45) is 0 Å². The number of amides is 1. The van der Waals surface area contributed by atoms with Crippen LogP contribution in [-0.4, -0.2) is 61.0 Å². The minimum Gasteiger partial charge on any atom is -0.369 e. The molecule has 0 radical (unpaired) electrons. The van der Waals surface area contributed by atoms with E-state index in [-0.39, 0.29) is 5.91 Å². The Balaban J connectivity index is 1.63. The third-order valence-corrected chi connectivity index (χ3v) is 7.07. The maximum Gasteiger partial charge on any atom is 0.219 e. The summed E-state index contributed by atoms with van der Waals surface area (Å²) in [6, 6.07) is 7.24. The summed E-state index contributed by atoms with van der Waals surface area (Å²) in [6.07, 6.45) is 10.9. The Bertz CT molecular complexity index is 666. The van der Waals surface area contributed by atoms with E-state index in [1.165, 1.54) is 62.1 Å². The summed E-state index contributed by atoms with van der Waals surface area (Å²) < 4.78 is 0. The molecular weight excluding hydrogens is 370 g/mol. The molecule has 0 saturated carbocycles. The molecule has 1 aliphatic carbocycles. The van der Waals surface area contributed by atoms with Crippen molar-refractivity contribution in [3.05, 3.63) is 29.3 Å². The average Bonchev–Trinajstić information content (AvgIpc) is 2.77. The van der Waals surface area contributed by atoms with Crippen molar-refractivity contribution in [1.82, 2.24) is 9.80 Å². The number of rotatable bonds is 10. The molecule has 1 fully saturated rings. The predicted octanol–water partition coefficient (Wildman–Crippen LogP) is 4.89. The van der Waals surface area contributed by atoms with Crippen LogP contribution >= 0.6 is 0 Å². The molecule has 1 aromatic rings. The van der Waals surface area contributed by atoms with Crippen molar-refractivity contribution in [1.29, 1.82) is 0 Å². The van der Waals surface area contributed by atoms with Gasteiger partial charge in [-0.15, -0.1) is 0 Å². The lowest BCUT2D eigenvalue weighted by Gasteiger charge is -2.40. The van der Waals surface area contributed by atoms with Crippen LogP contribution in [0, 0.1) is 0 Å². The first-order valence-electron chi connectivity index (χ1n) is 12.5. The second kappa shape index (κ2) is 11.7. The highest BCUT2D eigenvalue weighted by atomic mass is 16.2. The molecule has 4 heteroatoms. The molecule has 0 bridgehead atoms. The fourth-order valence-corrected chi connectivity index (χ4v) is 5.21. The van der Waals surface area contributed by atoms with Gasteiger partial charge in [-0.05, 0) is 55.8 Å². The zero-order valence-corrected chi connectivity index (χ0v) is 19.7. The number of hydrogen-bond acceptors (Lipinski definition) is 3. The average molecular weight is 414 g/mol. The third-order valence-electron chi connectivity index (χ3n) is 7.07. The fraction of sp³-hybridized carbons (Fsp3) is 0.731. The van der Waals surface area contributed by atoms with Crippen molar-refractivity contribution in [2.75, 3.05) is 44.2 Å². The Labute approximate surface area is 184 Å². The van der Waals surface area contributed by atoms with Crippen LogP contribution in [-0.2, 0) is 17.6 Å². The number of piperazine rings is 1. The molecule has 1 aliphatic heterocycles. The zero-order chi connectivity index (χ0) is 21.3. The van der Waals surface area contributed by atoms with Crippen LogP contribution < -0.4 is 4.90 Å². The van der Waals surface area contributed by atoms with E-state index in [4.69, 9.17) is 0 Å². The summed E-state index contributed by atoms with van der Waals surface area (Å²) in [4.78, 5) is 19.7. The smallest absolute Gasteiger partial charge is 0.219 e. The van der Waals surface area contributed by atoms with Crippen molar-refractivity contribution in [2.45, 2.75) is 84.6 Å². The molecule has 30 heavy (non-hydrogen) atoms. The summed E-state index contributed by atoms with van der Waals surface area (Å²) in [5, 5.41) is 0. The topological polar surface area (TPSA) is 26.8 Å². The van der Waals surface area contributed by atoms with E-state index >= 15 is 0 Å². The summed E-state index contributed by atoms with van der Waals surface area (Å²) in [7, 11) is 0. The molecule has 0 aromatic heterocycles. The molecule has 168 valence electrons. The third kappa shape index (κ3) is 6.00. The van der Waals surface area contributed by atoms with Crippen LogP contribution in [0.1, 0.15) is 76.8 Å². The Morgan fingerprint density at radius 1 is 1.03 bits per heavy atom. The van der Waals surface area contributed by atoms with Crippen LogP contribution in [0.5, 0.6) is 0 Å². The molecule has 4 nitrogen and oxygen atoms in total. The van der Waals surface area contributed by atoms with E-state index in [0.717, 1.165) is 51.7 Å². The molecule has 0 spiro atoms. The van der Waals surface area contributed by atoms with Crippen molar-refractivity contribution < 1.29 is 4.79 Å². The Morgan fingerprint density at radius 3 is 2.50 bits per heavy atom. The Hall–Kier alpha value is -1.55. The van der Waals surface area contributed by atoms with Gasteiger partial charge in [0.15, 0.2) is 0 Å². The molecule has 0 unspecified atom stereocenters. The second-order valence-electron chi connectivity index (χ2n) is 9.27. The van der Waals surface area contributed by atoms with Gasteiger partial charge in [0.2, 0.25) is 5.91 Å². The lowest BCUT2D eigenvalue weighted by atomic mass is 9.85. The quantitative estimate of drug-likeness (QED) is 0.511. The van der Waals surface area contributed by atoms with Gasteiger partial charge in [-0.2, -0.15) is 0 Å². The van der Waals surface area contributed by atoms with E-state index in [1.807, 2.05) is 0 Å². The van der Waals surface area contributed by atoms with Crippen molar-refractivity contribution in [3.8, 4) is 0 Å². The first kappa shape index (κ1) is 23.1. The van der Waals surface area contributed by atoms with E-state index in [0.29, 0.717) is 6.04 Å². The zero-order valence-electron chi connectivity index (χ0n) is 19.7. The maximum atomic E-state index is 12.3. The number of aryl methyl sites for hydroxylation is 1. The maximum absolute atomic E-state index is 12.3. The molecule has 3 rings (SSSR count). The summed E-state index contributed by atoms with van der Waals surface area (Å²) in [6.45, 7) is 13.0. The number of carbonyl (C=O) groups excluding carboxylic acids is 1. The molecule has 1 heterocycles. The van der Waals surface area contributed by atoms with Gasteiger partial charge in [0.25, 0.3) is 0 Å². The molecular formula is C26H43N3O. The Morgan fingerprint density at radius 2 is 1.80 bits per heavy atom. The molecule has 1 atom stereocenters. The number of benzene rings is 1. The number of carbonyl (C=O) groups is 1. The summed E-state index contributed by atoms with van der Waals surface area (Å²) in [5.74, 6) is 0.242. The van der Waals surface area contributed by atoms with Gasteiger partial charge < -0.3 is 9.80 Å². The summed E-state index contributed by atoms with van der Waals surface area (Å²) in [5.41, 5.74) is 4.44. The van der Waals surface area contributed by atoms with Crippen LogP contribution in [0.2, 0.25) is 0 Å². The van der Waals surface area contributed by atoms with E-state index in [2.05, 4.69) is 46.7 Å². The minimum atomic E-state index is 0.242. The molecule has 1 saturated heterocycles. The number of fused-ring (bicyclic) bond motifs is 1.